The van der Waals surface area contributed by atoms with Gasteiger partial charge in [0, 0.05) is 54.5 Å². The molecule has 0 fully saturated rings. The van der Waals surface area contributed by atoms with E-state index < -0.39 is 0 Å². The van der Waals surface area contributed by atoms with Crippen molar-refractivity contribution in [2.45, 2.75) is 46.8 Å². The highest BCUT2D eigenvalue weighted by Crippen LogP contribution is 2.25. The summed E-state index contributed by atoms with van der Waals surface area (Å²) >= 11 is 5.69. The molecule has 0 amide bonds. The number of carbonyl (C=O) groups is 1. The Kier molecular flexibility index (Phi) is 11.1. The van der Waals surface area contributed by atoms with Crippen LogP contribution in [0.1, 0.15) is 47.6 Å². The zero-order valence-electron chi connectivity index (χ0n) is 20.7. The lowest BCUT2D eigenvalue weighted by atomic mass is 10.0. The van der Waals surface area contributed by atoms with E-state index in [4.69, 9.17) is 11.6 Å². The number of benzene rings is 1. The number of pyridine rings is 2. The first-order valence-electron chi connectivity index (χ1n) is 11.5. The molecule has 3 rings (SSSR count). The first-order valence-corrected chi connectivity index (χ1v) is 11.9. The molecular weight excluding hydrogens is 448 g/mol. The first-order chi connectivity index (χ1) is 16.3. The molecule has 0 saturated heterocycles. The largest absolute Gasteiger partial charge is 0.392 e. The van der Waals surface area contributed by atoms with Gasteiger partial charge < -0.3 is 10.4 Å². The van der Waals surface area contributed by atoms with Crippen molar-refractivity contribution in [2.75, 3.05) is 25.5 Å². The molecule has 0 spiro atoms. The molecule has 6 nitrogen and oxygen atoms in total. The number of nitrogens with one attached hydrogen (secondary N) is 1. The molecule has 0 bridgehead atoms. The van der Waals surface area contributed by atoms with E-state index in [2.05, 4.69) is 51.4 Å². The number of anilines is 1. The molecule has 2 aromatic heterocycles. The average Bonchev–Trinajstić information content (AvgIpc) is 2.85. The Balaban J connectivity index is 0.000000340. The minimum Gasteiger partial charge on any atom is -0.392 e. The lowest BCUT2D eigenvalue weighted by Crippen LogP contribution is -2.31. The number of aliphatic hydroxyl groups is 1. The molecule has 1 unspecified atom stereocenters. The lowest BCUT2D eigenvalue weighted by Gasteiger charge is -2.23. The summed E-state index contributed by atoms with van der Waals surface area (Å²) in [5.41, 5.74) is 6.89. The number of hydrogen-bond donors (Lipinski definition) is 2. The van der Waals surface area contributed by atoms with Gasteiger partial charge >= 0.3 is 0 Å². The predicted molar refractivity (Wildman–Crippen MR) is 141 cm³/mol. The fourth-order valence-corrected chi connectivity index (χ4v) is 3.46. The number of halogens is 1. The summed E-state index contributed by atoms with van der Waals surface area (Å²) in [5, 5.41) is 13.8. The van der Waals surface area contributed by atoms with Gasteiger partial charge in [0.2, 0.25) is 0 Å². The molecule has 3 aromatic rings. The predicted octanol–water partition coefficient (Wildman–Crippen LogP) is 5.55. The zero-order chi connectivity index (χ0) is 25.1. The van der Waals surface area contributed by atoms with Gasteiger partial charge in [0.15, 0.2) is 6.29 Å². The molecule has 2 heterocycles. The van der Waals surface area contributed by atoms with E-state index in [-0.39, 0.29) is 6.10 Å². The second-order valence-corrected chi connectivity index (χ2v) is 8.63. The fourth-order valence-electron chi connectivity index (χ4n) is 3.30. The van der Waals surface area contributed by atoms with Crippen molar-refractivity contribution < 1.29 is 9.90 Å². The van der Waals surface area contributed by atoms with Crippen LogP contribution in [0.3, 0.4) is 0 Å². The van der Waals surface area contributed by atoms with Crippen molar-refractivity contribution in [1.82, 2.24) is 14.9 Å². The van der Waals surface area contributed by atoms with Crippen LogP contribution in [-0.4, -0.2) is 52.5 Å². The van der Waals surface area contributed by atoms with Crippen LogP contribution in [0, 0.1) is 13.8 Å². The van der Waals surface area contributed by atoms with Gasteiger partial charge in [-0.15, -0.1) is 0 Å². The van der Waals surface area contributed by atoms with E-state index in [9.17, 15) is 9.90 Å². The first kappa shape index (κ1) is 27.4. The summed E-state index contributed by atoms with van der Waals surface area (Å²) < 4.78 is 0. The van der Waals surface area contributed by atoms with Crippen molar-refractivity contribution in [3.8, 4) is 11.1 Å². The van der Waals surface area contributed by atoms with E-state index in [1.165, 1.54) is 5.56 Å². The molecular formula is C27H35ClN4O2. The summed E-state index contributed by atoms with van der Waals surface area (Å²) in [5.74, 6) is 0. The van der Waals surface area contributed by atoms with Crippen molar-refractivity contribution in [3.05, 3.63) is 76.3 Å². The van der Waals surface area contributed by atoms with E-state index in [1.54, 1.807) is 12.3 Å². The number of carbonyl (C=O) groups excluding carboxylic acids is 1. The van der Waals surface area contributed by atoms with Gasteiger partial charge in [-0.05, 0) is 73.8 Å². The second-order valence-electron chi connectivity index (χ2n) is 8.22. The molecule has 0 aliphatic carbocycles. The van der Waals surface area contributed by atoms with Crippen LogP contribution < -0.4 is 5.32 Å². The molecule has 1 aromatic carbocycles. The molecule has 2 N–H and O–H groups in total. The number of aromatic nitrogens is 2. The molecule has 182 valence electrons. The number of aldehydes is 1. The lowest BCUT2D eigenvalue weighted by molar-refractivity contribution is 0.108. The number of nitrogens with zero attached hydrogens (tertiary/aromatic N) is 3. The number of likely N-dealkylation sites (N-methyl/N-ethyl adjacent to an activating group) is 1. The molecule has 0 aliphatic rings. The van der Waals surface area contributed by atoms with Gasteiger partial charge in [0.25, 0.3) is 0 Å². The Hall–Kier alpha value is -2.80. The second kappa shape index (κ2) is 13.8. The number of aryl methyl sites for hydroxylation is 2. The minimum atomic E-state index is -0.266. The summed E-state index contributed by atoms with van der Waals surface area (Å²) in [6.45, 7) is 10.4. The van der Waals surface area contributed by atoms with E-state index in [1.807, 2.05) is 40.1 Å². The number of hydrogen-bond acceptors (Lipinski definition) is 6. The number of rotatable bonds is 9. The molecule has 0 saturated carbocycles. The van der Waals surface area contributed by atoms with Gasteiger partial charge in [-0.25, -0.2) is 0 Å². The quantitative estimate of drug-likeness (QED) is 0.389. The van der Waals surface area contributed by atoms with Crippen LogP contribution in [0.2, 0.25) is 5.02 Å². The van der Waals surface area contributed by atoms with E-state index in [0.717, 1.165) is 47.6 Å². The number of aliphatic hydroxyl groups excluding tert-OH is 1. The van der Waals surface area contributed by atoms with Crippen molar-refractivity contribution in [1.29, 1.82) is 0 Å². The van der Waals surface area contributed by atoms with Gasteiger partial charge in [0.05, 0.1) is 6.10 Å². The maximum atomic E-state index is 10.1. The average molecular weight is 483 g/mol. The zero-order valence-corrected chi connectivity index (χ0v) is 21.4. The van der Waals surface area contributed by atoms with Gasteiger partial charge in [-0.2, -0.15) is 0 Å². The third kappa shape index (κ3) is 8.52. The highest BCUT2D eigenvalue weighted by atomic mass is 35.5. The highest BCUT2D eigenvalue weighted by molar-refractivity contribution is 6.31. The minimum absolute atomic E-state index is 0.266. The third-order valence-corrected chi connectivity index (χ3v) is 5.91. The summed E-state index contributed by atoms with van der Waals surface area (Å²) in [7, 11) is 1.94. The van der Waals surface area contributed by atoms with Gasteiger partial charge in [-0.1, -0.05) is 31.5 Å². The Morgan fingerprint density at radius 1 is 1.09 bits per heavy atom. The fraction of sp³-hybridized carbons (Fsp3) is 0.370. The smallest absolute Gasteiger partial charge is 0.168 e. The van der Waals surface area contributed by atoms with Crippen LogP contribution in [0.25, 0.3) is 11.1 Å². The molecule has 7 heteroatoms. The molecule has 0 aliphatic heterocycles. The summed E-state index contributed by atoms with van der Waals surface area (Å²) in [4.78, 5) is 20.6. The maximum absolute atomic E-state index is 10.1. The molecule has 34 heavy (non-hydrogen) atoms. The van der Waals surface area contributed by atoms with E-state index in [0.29, 0.717) is 23.5 Å². The van der Waals surface area contributed by atoms with Crippen LogP contribution in [0.5, 0.6) is 0 Å². The van der Waals surface area contributed by atoms with Gasteiger partial charge in [-0.3, -0.25) is 19.7 Å². The van der Waals surface area contributed by atoms with Crippen LogP contribution >= 0.6 is 11.6 Å². The van der Waals surface area contributed by atoms with Crippen molar-refractivity contribution in [3.63, 3.8) is 0 Å². The maximum Gasteiger partial charge on any atom is 0.168 e. The third-order valence-electron chi connectivity index (χ3n) is 5.50. The topological polar surface area (TPSA) is 78.3 Å². The Labute approximate surface area is 208 Å². The molecule has 1 atom stereocenters. The Bertz CT molecular complexity index is 1060. The van der Waals surface area contributed by atoms with Crippen molar-refractivity contribution in [2.24, 2.45) is 0 Å². The highest BCUT2D eigenvalue weighted by Gasteiger charge is 2.11. The van der Waals surface area contributed by atoms with E-state index >= 15 is 0 Å². The van der Waals surface area contributed by atoms with Crippen LogP contribution in [0.4, 0.5) is 5.69 Å². The van der Waals surface area contributed by atoms with Gasteiger partial charge in [0.1, 0.15) is 5.69 Å². The standard InChI is InChI=1S/C20H29N3O.C7H6ClNO/c1-5-20(24)14-23(6-2)13-16-9-18(11-19(10-16)21-4)17-8-7-15(3)22-12-17;1-5-3-9-6(4-10)2-7(5)8/h7-12,20-21,24H,5-6,13-14H2,1-4H3;2-4H,1H3. The monoisotopic (exact) mass is 482 g/mol. The summed E-state index contributed by atoms with van der Waals surface area (Å²) in [6, 6.07) is 12.2. The van der Waals surface area contributed by atoms with Crippen LogP contribution in [0.15, 0.2) is 48.8 Å². The molecule has 0 radical (unpaired) electrons. The Morgan fingerprint density at radius 2 is 1.85 bits per heavy atom. The van der Waals surface area contributed by atoms with Crippen LogP contribution in [-0.2, 0) is 6.54 Å². The normalized spacial score (nSPS) is 11.5. The van der Waals surface area contributed by atoms with Crippen molar-refractivity contribution >= 4 is 23.6 Å². The SMILES string of the molecule is CCC(O)CN(CC)Cc1cc(NC)cc(-c2ccc(C)nc2)c1.Cc1cnc(C=O)cc1Cl. The summed E-state index contributed by atoms with van der Waals surface area (Å²) in [6.07, 6.45) is 4.69. The Morgan fingerprint density at radius 3 is 2.41 bits per heavy atom.